The zero-order valence-corrected chi connectivity index (χ0v) is 40.9. The highest BCUT2D eigenvalue weighted by Crippen LogP contribution is 2.27. The van der Waals surface area contributed by atoms with Gasteiger partial charge in [-0.3, -0.25) is 38.5 Å². The lowest BCUT2D eigenvalue weighted by atomic mass is 9.94. The van der Waals surface area contributed by atoms with Crippen molar-refractivity contribution in [1.29, 1.82) is 0 Å². The van der Waals surface area contributed by atoms with Crippen LogP contribution in [0.1, 0.15) is 72.2 Å². The van der Waals surface area contributed by atoms with Crippen molar-refractivity contribution in [2.45, 2.75) is 31.3 Å². The summed E-state index contributed by atoms with van der Waals surface area (Å²) >= 11 is 0. The van der Waals surface area contributed by atoms with Crippen LogP contribution < -0.4 is 53.8 Å². The zero-order valence-electron chi connectivity index (χ0n) is 40.9. The number of nitrogen functional groups attached to an aromatic ring is 1. The van der Waals surface area contributed by atoms with Gasteiger partial charge in [0.15, 0.2) is 22.8 Å². The molecule has 390 valence electrons. The van der Waals surface area contributed by atoms with Crippen LogP contribution in [0.2, 0.25) is 0 Å². The van der Waals surface area contributed by atoms with Crippen LogP contribution in [0.5, 0.6) is 0 Å². The SMILES string of the molecule is Cn1cc(NC(=O)c2nccn2C)cc1C(=O)NCCC(=O)Nc1cn(C)c(C(=O)Nc2cc(C(C[C@H](NC(=O)c3ccc(NCc4cnc5nc(N)[nH]c(=O)c5n4)cc3)C(=O)O)C(=O)NCC3CNC3)n(C)c2)n1. The summed E-state index contributed by atoms with van der Waals surface area (Å²) in [5, 5.41) is 32.8. The van der Waals surface area contributed by atoms with E-state index in [1.165, 1.54) is 52.0 Å². The van der Waals surface area contributed by atoms with Gasteiger partial charge in [0.1, 0.15) is 11.7 Å². The maximum Gasteiger partial charge on any atom is 0.326 e. The molecule has 7 aromatic rings. The van der Waals surface area contributed by atoms with E-state index in [-0.39, 0.29) is 83.4 Å². The molecule has 28 heteroatoms. The Balaban J connectivity index is 0.862. The standard InChI is InChI=1S/C47H53N19O9/c1-63-12-11-50-38(63)44(72)56-28-14-33(65(3)22-28)42(70)51-10-9-35(67)59-34-23-66(4)39(60-34)45(73)57-27-13-32(64(2)21-27)30(41(69)54-18-24-16-49-17-24)15-31(46(74)75)58-40(68)25-5-7-26(8-6-25)52-19-29-20-53-37-36(55-29)43(71)62-47(48)61-37/h5-8,11-14,20-24,30-31,49,52H,9-10,15-19H2,1-4H3,(H,51,70)(H,54,69)(H,56,72)(H,57,73)(H,58,68)(H,59,67)(H,74,75)(H3,48,53,61,62,71)/t30?,31-/m0/s1. The van der Waals surface area contributed by atoms with Crippen LogP contribution in [0.3, 0.4) is 0 Å². The summed E-state index contributed by atoms with van der Waals surface area (Å²) in [6, 6.07) is 7.68. The largest absolute Gasteiger partial charge is 0.480 e. The quantitative estimate of drug-likeness (QED) is 0.0451. The van der Waals surface area contributed by atoms with E-state index in [0.717, 1.165) is 0 Å². The first-order valence-corrected chi connectivity index (χ1v) is 23.3. The predicted octanol–water partition coefficient (Wildman–Crippen LogP) is 0.00710. The average Bonchev–Trinajstić information content (AvgIpc) is 4.14. The first-order chi connectivity index (χ1) is 35.9. The molecule has 0 radical (unpaired) electrons. The van der Waals surface area contributed by atoms with Crippen molar-refractivity contribution in [2.24, 2.45) is 34.1 Å². The van der Waals surface area contributed by atoms with Crippen molar-refractivity contribution in [3.8, 4) is 0 Å². The number of nitrogens with zero attached hydrogens (tertiary/aromatic N) is 9. The van der Waals surface area contributed by atoms with E-state index in [1.807, 2.05) is 0 Å². The first-order valence-electron chi connectivity index (χ1n) is 23.3. The second-order valence-corrected chi connectivity index (χ2v) is 17.7. The van der Waals surface area contributed by atoms with E-state index in [4.69, 9.17) is 5.73 Å². The van der Waals surface area contributed by atoms with E-state index in [1.54, 1.807) is 68.0 Å². The van der Waals surface area contributed by atoms with Gasteiger partial charge in [-0.25, -0.2) is 24.7 Å². The molecule has 8 rings (SSSR count). The van der Waals surface area contributed by atoms with Gasteiger partial charge in [-0.1, -0.05) is 0 Å². The maximum absolute atomic E-state index is 13.9. The van der Waals surface area contributed by atoms with E-state index >= 15 is 0 Å². The number of carboxylic acid groups (broad SMARTS) is 1. The van der Waals surface area contributed by atoms with E-state index in [0.29, 0.717) is 42.4 Å². The first kappa shape index (κ1) is 51.6. The van der Waals surface area contributed by atoms with E-state index in [2.05, 4.69) is 72.4 Å². The Morgan fingerprint density at radius 2 is 1.51 bits per heavy atom. The smallest absolute Gasteiger partial charge is 0.326 e. The van der Waals surface area contributed by atoms with Gasteiger partial charge in [0, 0.05) is 115 Å². The fourth-order valence-electron chi connectivity index (χ4n) is 8.05. The van der Waals surface area contributed by atoms with Crippen molar-refractivity contribution < 1.29 is 38.7 Å². The number of aliphatic carboxylic acids is 1. The predicted molar refractivity (Wildman–Crippen MR) is 270 cm³/mol. The molecular weight excluding hydrogens is 975 g/mol. The minimum Gasteiger partial charge on any atom is -0.480 e. The summed E-state index contributed by atoms with van der Waals surface area (Å²) in [5.74, 6) is -5.53. The number of aromatic nitrogens is 10. The van der Waals surface area contributed by atoms with Gasteiger partial charge in [-0.2, -0.15) is 4.98 Å². The van der Waals surface area contributed by atoms with Crippen LogP contribution in [-0.2, 0) is 49.1 Å². The fraction of sp³-hybridized carbons (Fsp3) is 0.298. The van der Waals surface area contributed by atoms with Crippen molar-refractivity contribution in [1.82, 2.24) is 69.4 Å². The molecule has 7 heterocycles. The average molecular weight is 1030 g/mol. The molecule has 0 aliphatic carbocycles. The third-order valence-electron chi connectivity index (χ3n) is 12.1. The Hall–Kier alpha value is -9.73. The van der Waals surface area contributed by atoms with Crippen LogP contribution in [0, 0.1) is 5.92 Å². The van der Waals surface area contributed by atoms with Gasteiger partial charge < -0.3 is 71.6 Å². The molecule has 1 aliphatic heterocycles. The number of H-pyrrole nitrogens is 1. The summed E-state index contributed by atoms with van der Waals surface area (Å²) in [6.45, 7) is 1.85. The molecule has 0 saturated carbocycles. The van der Waals surface area contributed by atoms with Crippen LogP contribution in [0.4, 0.5) is 28.8 Å². The third kappa shape index (κ3) is 12.5. The van der Waals surface area contributed by atoms with Gasteiger partial charge in [-0.05, 0) is 42.8 Å². The maximum atomic E-state index is 13.9. The normalized spacial score (nSPS) is 13.0. The molecule has 1 saturated heterocycles. The highest BCUT2D eigenvalue weighted by Gasteiger charge is 2.33. The number of carboxylic acids is 1. The van der Waals surface area contributed by atoms with Crippen molar-refractivity contribution in [2.75, 3.05) is 53.2 Å². The highest BCUT2D eigenvalue weighted by molar-refractivity contribution is 6.04. The zero-order chi connectivity index (χ0) is 53.5. The van der Waals surface area contributed by atoms with Crippen LogP contribution in [0.25, 0.3) is 11.2 Å². The second-order valence-electron chi connectivity index (χ2n) is 17.7. The summed E-state index contributed by atoms with van der Waals surface area (Å²) in [4.78, 5) is 127. The van der Waals surface area contributed by atoms with Gasteiger partial charge in [0.05, 0.1) is 35.7 Å². The van der Waals surface area contributed by atoms with Gasteiger partial charge in [0.25, 0.3) is 29.2 Å². The number of amides is 6. The molecule has 28 nitrogen and oxygen atoms in total. The van der Waals surface area contributed by atoms with Gasteiger partial charge in [-0.15, -0.1) is 0 Å². The van der Waals surface area contributed by atoms with Crippen molar-refractivity contribution >= 4 is 81.4 Å². The monoisotopic (exact) mass is 1030 g/mol. The summed E-state index contributed by atoms with van der Waals surface area (Å²) < 4.78 is 6.06. The number of carbonyl (C=O) groups is 7. The van der Waals surface area contributed by atoms with Gasteiger partial charge in [0.2, 0.25) is 23.6 Å². The Morgan fingerprint density at radius 3 is 2.20 bits per heavy atom. The topological polar surface area (TPSA) is 379 Å². The number of rotatable bonds is 21. The summed E-state index contributed by atoms with van der Waals surface area (Å²) in [7, 11) is 6.49. The summed E-state index contributed by atoms with van der Waals surface area (Å²) in [6.07, 6.45) is 8.61. The highest BCUT2D eigenvalue weighted by atomic mass is 16.4. The molecule has 1 fully saturated rings. The Labute approximate surface area is 425 Å². The minimum absolute atomic E-state index is 0.0198. The van der Waals surface area contributed by atoms with Gasteiger partial charge >= 0.3 is 5.97 Å². The summed E-state index contributed by atoms with van der Waals surface area (Å²) in [5.41, 5.74) is 7.51. The molecule has 1 unspecified atom stereocenters. The van der Waals surface area contributed by atoms with Crippen LogP contribution in [0.15, 0.2) is 78.4 Å². The number of fused-ring (bicyclic) bond motifs is 1. The molecule has 12 N–H and O–H groups in total. The van der Waals surface area contributed by atoms with E-state index in [9.17, 15) is 43.5 Å². The number of aromatic amines is 1. The molecule has 6 aromatic heterocycles. The molecule has 1 aliphatic rings. The number of anilines is 5. The Morgan fingerprint density at radius 1 is 0.787 bits per heavy atom. The molecule has 75 heavy (non-hydrogen) atoms. The number of hydrogen-bond acceptors (Lipinski definition) is 16. The van der Waals surface area contributed by atoms with Crippen LogP contribution >= 0.6 is 0 Å². The molecule has 0 bridgehead atoms. The fourth-order valence-corrected chi connectivity index (χ4v) is 8.05. The Kier molecular flexibility index (Phi) is 15.4. The number of imidazole rings is 2. The number of hydrogen-bond donors (Lipinski definition) is 11. The molecule has 1 aromatic carbocycles. The lowest BCUT2D eigenvalue weighted by Crippen LogP contribution is -2.49. The number of carbonyl (C=O) groups excluding carboxylic acids is 6. The number of nitrogens with one attached hydrogen (secondary N) is 9. The molecule has 6 amide bonds. The third-order valence-corrected chi connectivity index (χ3v) is 12.1. The molecule has 2 atom stereocenters. The number of nitrogens with two attached hydrogens (primary N) is 1. The van der Waals surface area contributed by atoms with E-state index < -0.39 is 58.9 Å². The van der Waals surface area contributed by atoms with Crippen LogP contribution in [-0.4, -0.2) is 127 Å². The lowest BCUT2D eigenvalue weighted by molar-refractivity contribution is -0.139. The van der Waals surface area contributed by atoms with Crippen molar-refractivity contribution in [3.63, 3.8) is 0 Å². The molecular formula is C47H53N19O9. The Bertz CT molecular complexity index is 3380. The number of aryl methyl sites for hydroxylation is 4. The lowest BCUT2D eigenvalue weighted by Gasteiger charge is -2.28. The number of benzene rings is 1. The second kappa shape index (κ2) is 22.4. The molecule has 0 spiro atoms. The minimum atomic E-state index is -1.53. The van der Waals surface area contributed by atoms with Crippen molar-refractivity contribution in [3.05, 3.63) is 118 Å².